The van der Waals surface area contributed by atoms with Gasteiger partial charge in [0.2, 0.25) is 5.91 Å². The average Bonchev–Trinajstić information content (AvgIpc) is 2.41. The summed E-state index contributed by atoms with van der Waals surface area (Å²) in [6, 6.07) is 10.2. The molecule has 98 valence electrons. The maximum atomic E-state index is 11.6. The van der Waals surface area contributed by atoms with E-state index in [-0.39, 0.29) is 12.5 Å². The van der Waals surface area contributed by atoms with Crippen LogP contribution in [-0.2, 0) is 16.1 Å². The van der Waals surface area contributed by atoms with Gasteiger partial charge in [0, 0.05) is 6.04 Å². The first kappa shape index (κ1) is 13.1. The third-order valence-corrected chi connectivity index (χ3v) is 3.05. The number of carbonyl (C=O) groups excluding carboxylic acids is 1. The lowest BCUT2D eigenvalue weighted by molar-refractivity contribution is -0.127. The lowest BCUT2D eigenvalue weighted by Gasteiger charge is -2.23. The molecule has 1 aromatic carbocycles. The van der Waals surface area contributed by atoms with Crippen LogP contribution in [0.1, 0.15) is 18.4 Å². The largest absolute Gasteiger partial charge is 0.367 e. The first-order valence-corrected chi connectivity index (χ1v) is 6.46. The minimum Gasteiger partial charge on any atom is -0.367 e. The smallest absolute Gasteiger partial charge is 0.246 e. The summed E-state index contributed by atoms with van der Waals surface area (Å²) in [5, 5.41) is 6.27. The van der Waals surface area contributed by atoms with Crippen LogP contribution in [0.3, 0.4) is 0 Å². The Morgan fingerprint density at radius 2 is 2.00 bits per heavy atom. The van der Waals surface area contributed by atoms with E-state index in [0.29, 0.717) is 12.6 Å². The van der Waals surface area contributed by atoms with Gasteiger partial charge in [-0.25, -0.2) is 0 Å². The van der Waals surface area contributed by atoms with Gasteiger partial charge in [-0.05, 0) is 31.5 Å². The fourth-order valence-electron chi connectivity index (χ4n) is 2.07. The van der Waals surface area contributed by atoms with E-state index >= 15 is 0 Å². The van der Waals surface area contributed by atoms with E-state index in [1.54, 1.807) is 0 Å². The van der Waals surface area contributed by atoms with E-state index in [1.165, 1.54) is 0 Å². The Kier molecular flexibility index (Phi) is 5.17. The molecule has 0 spiro atoms. The third-order valence-electron chi connectivity index (χ3n) is 3.05. The van der Waals surface area contributed by atoms with Crippen molar-refractivity contribution < 1.29 is 9.53 Å². The normalized spacial score (nSPS) is 16.4. The number of nitrogens with one attached hydrogen (secondary N) is 2. The van der Waals surface area contributed by atoms with Gasteiger partial charge in [-0.3, -0.25) is 4.79 Å². The molecule has 0 aromatic heterocycles. The summed E-state index contributed by atoms with van der Waals surface area (Å²) in [5.41, 5.74) is 1.09. The Hall–Kier alpha value is -1.39. The molecule has 0 saturated carbocycles. The van der Waals surface area contributed by atoms with Crippen LogP contribution in [0.4, 0.5) is 0 Å². The van der Waals surface area contributed by atoms with Gasteiger partial charge in [-0.2, -0.15) is 0 Å². The summed E-state index contributed by atoms with van der Waals surface area (Å²) < 4.78 is 5.40. The van der Waals surface area contributed by atoms with Gasteiger partial charge in [-0.15, -0.1) is 0 Å². The van der Waals surface area contributed by atoms with Gasteiger partial charge in [0.25, 0.3) is 0 Å². The Morgan fingerprint density at radius 3 is 2.72 bits per heavy atom. The number of carbonyl (C=O) groups is 1. The second-order valence-corrected chi connectivity index (χ2v) is 4.57. The SMILES string of the molecule is O=C(COCc1ccccc1)NC1CCNCC1. The molecule has 2 N–H and O–H groups in total. The number of amides is 1. The van der Waals surface area contributed by atoms with Crippen LogP contribution in [0.5, 0.6) is 0 Å². The van der Waals surface area contributed by atoms with Crippen LogP contribution < -0.4 is 10.6 Å². The van der Waals surface area contributed by atoms with E-state index < -0.39 is 0 Å². The molecule has 2 rings (SSSR count). The predicted octanol–water partition coefficient (Wildman–Crippen LogP) is 1.07. The van der Waals surface area contributed by atoms with Crippen molar-refractivity contribution in [3.8, 4) is 0 Å². The van der Waals surface area contributed by atoms with Crippen molar-refractivity contribution in [2.24, 2.45) is 0 Å². The first-order valence-electron chi connectivity index (χ1n) is 6.46. The van der Waals surface area contributed by atoms with Crippen LogP contribution in [0.2, 0.25) is 0 Å². The molecule has 1 aliphatic rings. The van der Waals surface area contributed by atoms with Crippen LogP contribution in [-0.4, -0.2) is 31.6 Å². The standard InChI is InChI=1S/C14H20N2O2/c17-14(16-13-6-8-15-9-7-13)11-18-10-12-4-2-1-3-5-12/h1-5,13,15H,6-11H2,(H,16,17). The van der Waals surface area contributed by atoms with Crippen LogP contribution in [0.25, 0.3) is 0 Å². The Bertz CT molecular complexity index is 361. The third kappa shape index (κ3) is 4.47. The van der Waals surface area contributed by atoms with E-state index in [4.69, 9.17) is 4.74 Å². The Morgan fingerprint density at radius 1 is 1.28 bits per heavy atom. The Balaban J connectivity index is 1.62. The minimum absolute atomic E-state index is 0.0159. The maximum Gasteiger partial charge on any atom is 0.246 e. The molecule has 0 bridgehead atoms. The molecule has 1 aliphatic heterocycles. The molecule has 4 nitrogen and oxygen atoms in total. The molecule has 18 heavy (non-hydrogen) atoms. The van der Waals surface area contributed by atoms with Crippen molar-refractivity contribution in [2.75, 3.05) is 19.7 Å². The fraction of sp³-hybridized carbons (Fsp3) is 0.500. The van der Waals surface area contributed by atoms with Crippen molar-refractivity contribution in [3.63, 3.8) is 0 Å². The van der Waals surface area contributed by atoms with Crippen molar-refractivity contribution in [3.05, 3.63) is 35.9 Å². The minimum atomic E-state index is -0.0159. The van der Waals surface area contributed by atoms with Gasteiger partial charge in [0.05, 0.1) is 6.61 Å². The second kappa shape index (κ2) is 7.13. The molecule has 1 amide bonds. The highest BCUT2D eigenvalue weighted by Gasteiger charge is 2.14. The monoisotopic (exact) mass is 248 g/mol. The second-order valence-electron chi connectivity index (χ2n) is 4.57. The average molecular weight is 248 g/mol. The highest BCUT2D eigenvalue weighted by molar-refractivity contribution is 5.77. The zero-order chi connectivity index (χ0) is 12.6. The topological polar surface area (TPSA) is 50.4 Å². The van der Waals surface area contributed by atoms with Crippen LogP contribution >= 0.6 is 0 Å². The highest BCUT2D eigenvalue weighted by Crippen LogP contribution is 2.02. The molecule has 1 saturated heterocycles. The molecule has 1 heterocycles. The number of ether oxygens (including phenoxy) is 1. The Labute approximate surface area is 108 Å². The fourth-order valence-corrected chi connectivity index (χ4v) is 2.07. The van der Waals surface area contributed by atoms with Crippen LogP contribution in [0, 0.1) is 0 Å². The number of benzene rings is 1. The van der Waals surface area contributed by atoms with Crippen molar-refractivity contribution in [1.29, 1.82) is 0 Å². The predicted molar refractivity (Wildman–Crippen MR) is 70.1 cm³/mol. The van der Waals surface area contributed by atoms with Gasteiger partial charge in [0.15, 0.2) is 0 Å². The summed E-state index contributed by atoms with van der Waals surface area (Å²) in [7, 11) is 0. The molecule has 0 unspecified atom stereocenters. The zero-order valence-corrected chi connectivity index (χ0v) is 10.5. The molecule has 0 aliphatic carbocycles. The van der Waals surface area contributed by atoms with Crippen molar-refractivity contribution in [2.45, 2.75) is 25.5 Å². The first-order chi connectivity index (χ1) is 8.84. The zero-order valence-electron chi connectivity index (χ0n) is 10.5. The number of rotatable bonds is 5. The van der Waals surface area contributed by atoms with E-state index in [1.807, 2.05) is 30.3 Å². The lowest BCUT2D eigenvalue weighted by Crippen LogP contribution is -2.43. The molecule has 1 aromatic rings. The van der Waals surface area contributed by atoms with Gasteiger partial charge in [-0.1, -0.05) is 30.3 Å². The number of hydrogen-bond acceptors (Lipinski definition) is 3. The highest BCUT2D eigenvalue weighted by atomic mass is 16.5. The molecule has 1 fully saturated rings. The van der Waals surface area contributed by atoms with Crippen LogP contribution in [0.15, 0.2) is 30.3 Å². The lowest BCUT2D eigenvalue weighted by atomic mass is 10.1. The van der Waals surface area contributed by atoms with E-state index in [2.05, 4.69) is 10.6 Å². The van der Waals surface area contributed by atoms with Crippen molar-refractivity contribution in [1.82, 2.24) is 10.6 Å². The molecular formula is C14H20N2O2. The summed E-state index contributed by atoms with van der Waals surface area (Å²) in [6.07, 6.45) is 2.01. The molecular weight excluding hydrogens is 228 g/mol. The van der Waals surface area contributed by atoms with E-state index in [0.717, 1.165) is 31.5 Å². The molecule has 0 radical (unpaired) electrons. The maximum absolute atomic E-state index is 11.6. The van der Waals surface area contributed by atoms with Gasteiger partial charge in [0.1, 0.15) is 6.61 Å². The summed E-state index contributed by atoms with van der Waals surface area (Å²) in [4.78, 5) is 11.6. The summed E-state index contributed by atoms with van der Waals surface area (Å²) >= 11 is 0. The van der Waals surface area contributed by atoms with Crippen molar-refractivity contribution >= 4 is 5.91 Å². The quantitative estimate of drug-likeness (QED) is 0.819. The molecule has 0 atom stereocenters. The number of piperidine rings is 1. The summed E-state index contributed by atoms with van der Waals surface area (Å²) in [5.74, 6) is -0.0159. The molecule has 4 heteroatoms. The van der Waals surface area contributed by atoms with Gasteiger partial charge < -0.3 is 15.4 Å². The van der Waals surface area contributed by atoms with E-state index in [9.17, 15) is 4.79 Å². The van der Waals surface area contributed by atoms with Gasteiger partial charge >= 0.3 is 0 Å². The summed E-state index contributed by atoms with van der Waals surface area (Å²) in [6.45, 7) is 2.59. The number of hydrogen-bond donors (Lipinski definition) is 2.